The van der Waals surface area contributed by atoms with Crippen molar-refractivity contribution in [3.8, 4) is 0 Å². The number of hydrogen-bond acceptors (Lipinski definition) is 2. The molecule has 2 fully saturated rings. The molecule has 2 saturated carbocycles. The van der Waals surface area contributed by atoms with Crippen LogP contribution in [0.4, 0.5) is 0 Å². The molecule has 2 N–H and O–H groups in total. The van der Waals surface area contributed by atoms with E-state index in [1.807, 2.05) is 11.1 Å². The quantitative estimate of drug-likeness (QED) is 0.411. The first kappa shape index (κ1) is 25.7. The Morgan fingerprint density at radius 2 is 1.58 bits per heavy atom. The molecule has 0 radical (unpaired) electrons. The second-order valence-electron chi connectivity index (χ2n) is 14.8. The lowest BCUT2D eigenvalue weighted by atomic mass is 9.42. The highest BCUT2D eigenvalue weighted by Crippen LogP contribution is 2.72. The highest BCUT2D eigenvalue weighted by Gasteiger charge is 2.63. The molecule has 0 aromatic heterocycles. The molecule has 8 atom stereocenters. The van der Waals surface area contributed by atoms with Crippen LogP contribution < -0.4 is 0 Å². The van der Waals surface area contributed by atoms with Gasteiger partial charge in [-0.25, -0.2) is 0 Å². The summed E-state index contributed by atoms with van der Waals surface area (Å²) in [6, 6.07) is 0. The van der Waals surface area contributed by atoms with E-state index in [4.69, 9.17) is 0 Å². The molecule has 4 aliphatic carbocycles. The number of fused-ring (bicyclic) bond motifs is 4. The first-order valence-electron chi connectivity index (χ1n) is 14.2. The zero-order chi connectivity index (χ0) is 24.6. The molecule has 0 heterocycles. The molecule has 4 aliphatic rings. The maximum atomic E-state index is 10.4. The summed E-state index contributed by atoms with van der Waals surface area (Å²) < 4.78 is 0. The minimum atomic E-state index is -1.00. The molecule has 0 saturated heterocycles. The minimum absolute atomic E-state index is 0.343. The summed E-state index contributed by atoms with van der Waals surface area (Å²) in [5.74, 6) is 2.98. The van der Waals surface area contributed by atoms with Gasteiger partial charge in [0.15, 0.2) is 0 Å². The third-order valence-electron chi connectivity index (χ3n) is 12.8. The summed E-state index contributed by atoms with van der Waals surface area (Å²) in [6.07, 6.45) is 11.9. The molecule has 0 bridgehead atoms. The van der Waals surface area contributed by atoms with Gasteiger partial charge < -0.3 is 10.2 Å². The van der Waals surface area contributed by atoms with E-state index < -0.39 is 11.7 Å². The Morgan fingerprint density at radius 3 is 2.21 bits per heavy atom. The van der Waals surface area contributed by atoms with Crippen molar-refractivity contribution in [3.63, 3.8) is 0 Å². The van der Waals surface area contributed by atoms with Crippen molar-refractivity contribution in [2.24, 2.45) is 45.3 Å². The fraction of sp³-hybridized carbons (Fsp3) is 0.935. The highest BCUT2D eigenvalue weighted by molar-refractivity contribution is 5.38. The zero-order valence-corrected chi connectivity index (χ0v) is 23.4. The molecule has 4 rings (SSSR count). The molecule has 0 aliphatic heterocycles. The summed E-state index contributed by atoms with van der Waals surface area (Å²) in [6.45, 7) is 21.4. The van der Waals surface area contributed by atoms with Crippen molar-refractivity contribution < 1.29 is 10.2 Å². The highest BCUT2D eigenvalue weighted by atomic mass is 16.3. The van der Waals surface area contributed by atoms with Crippen LogP contribution in [0.1, 0.15) is 127 Å². The number of aliphatic hydroxyl groups excluding tert-OH is 1. The van der Waals surface area contributed by atoms with Crippen molar-refractivity contribution in [2.75, 3.05) is 0 Å². The van der Waals surface area contributed by atoms with Gasteiger partial charge in [-0.2, -0.15) is 0 Å². The monoisotopic (exact) mass is 458 g/mol. The predicted octanol–water partition coefficient (Wildman–Crippen LogP) is 7.92. The Kier molecular flexibility index (Phi) is 6.31. The van der Waals surface area contributed by atoms with Crippen LogP contribution in [-0.4, -0.2) is 21.9 Å². The van der Waals surface area contributed by atoms with Gasteiger partial charge in [-0.3, -0.25) is 0 Å². The molecule has 190 valence electrons. The van der Waals surface area contributed by atoms with Crippen molar-refractivity contribution in [1.29, 1.82) is 0 Å². The van der Waals surface area contributed by atoms with E-state index in [1.54, 1.807) is 13.8 Å². The van der Waals surface area contributed by atoms with E-state index >= 15 is 0 Å². The Morgan fingerprint density at radius 1 is 0.909 bits per heavy atom. The Labute approximate surface area is 205 Å². The van der Waals surface area contributed by atoms with Gasteiger partial charge in [-0.1, -0.05) is 59.6 Å². The zero-order valence-electron chi connectivity index (χ0n) is 23.4. The van der Waals surface area contributed by atoms with Gasteiger partial charge in [0, 0.05) is 0 Å². The topological polar surface area (TPSA) is 40.5 Å². The maximum Gasteiger partial charge on any atom is 0.0849 e. The number of aliphatic hydroxyl groups is 2. The lowest BCUT2D eigenvalue weighted by Gasteiger charge is -2.62. The van der Waals surface area contributed by atoms with Gasteiger partial charge >= 0.3 is 0 Å². The van der Waals surface area contributed by atoms with E-state index in [9.17, 15) is 10.2 Å². The van der Waals surface area contributed by atoms with Gasteiger partial charge in [0.2, 0.25) is 0 Å². The van der Waals surface area contributed by atoms with E-state index in [0.717, 1.165) is 24.2 Å². The van der Waals surface area contributed by atoms with Crippen molar-refractivity contribution in [3.05, 3.63) is 11.1 Å². The number of hydrogen-bond donors (Lipinski definition) is 2. The average Bonchev–Trinajstić information content (AvgIpc) is 3.00. The minimum Gasteiger partial charge on any atom is -0.390 e. The van der Waals surface area contributed by atoms with Gasteiger partial charge in [-0.05, 0) is 123 Å². The summed E-state index contributed by atoms with van der Waals surface area (Å²) in [4.78, 5) is 0. The number of rotatable bonds is 5. The Hall–Kier alpha value is -0.340. The van der Waals surface area contributed by atoms with Crippen LogP contribution in [0.5, 0.6) is 0 Å². The fourth-order valence-electron chi connectivity index (χ4n) is 9.80. The van der Waals surface area contributed by atoms with Crippen LogP contribution in [0, 0.1) is 45.3 Å². The first-order valence-corrected chi connectivity index (χ1v) is 14.2. The predicted molar refractivity (Wildman–Crippen MR) is 139 cm³/mol. The molecule has 2 nitrogen and oxygen atoms in total. The molecular weight excluding hydrogens is 404 g/mol. The van der Waals surface area contributed by atoms with E-state index in [-0.39, 0.29) is 0 Å². The fourth-order valence-corrected chi connectivity index (χ4v) is 9.80. The van der Waals surface area contributed by atoms with E-state index in [1.165, 1.54) is 51.4 Å². The van der Waals surface area contributed by atoms with Gasteiger partial charge in [0.05, 0.1) is 11.7 Å². The first-order chi connectivity index (χ1) is 15.1. The molecule has 0 aromatic carbocycles. The summed E-state index contributed by atoms with van der Waals surface area (Å²) >= 11 is 0. The standard InChI is InChI=1S/C31H54O2/c1-20(10-13-26(32)28(5,6)33)22-15-18-31(9)24-11-12-25-27(3,4)21(2)14-17-29(25,7)23(24)16-19-30(22,31)8/h20-22,25-26,32-33H,10-19H2,1-9H3/t20-,21+,22-,25?,26?,29-,30-,31+/m1/s1. The molecule has 0 amide bonds. The second kappa shape index (κ2) is 8.09. The Balaban J connectivity index is 1.60. The van der Waals surface area contributed by atoms with Gasteiger partial charge in [-0.15, -0.1) is 0 Å². The lowest BCUT2D eigenvalue weighted by Crippen LogP contribution is -2.53. The summed E-state index contributed by atoms with van der Waals surface area (Å²) in [7, 11) is 0. The summed E-state index contributed by atoms with van der Waals surface area (Å²) in [5, 5.41) is 20.6. The van der Waals surface area contributed by atoms with Crippen LogP contribution in [0.15, 0.2) is 11.1 Å². The smallest absolute Gasteiger partial charge is 0.0849 e. The molecule has 2 unspecified atom stereocenters. The van der Waals surface area contributed by atoms with Crippen LogP contribution in [0.25, 0.3) is 0 Å². The van der Waals surface area contributed by atoms with Gasteiger partial charge in [0.1, 0.15) is 0 Å². The van der Waals surface area contributed by atoms with Crippen LogP contribution in [0.2, 0.25) is 0 Å². The van der Waals surface area contributed by atoms with Crippen molar-refractivity contribution in [1.82, 2.24) is 0 Å². The third kappa shape index (κ3) is 3.71. The van der Waals surface area contributed by atoms with Crippen molar-refractivity contribution in [2.45, 2.75) is 138 Å². The maximum absolute atomic E-state index is 10.4. The van der Waals surface area contributed by atoms with Crippen LogP contribution in [-0.2, 0) is 0 Å². The molecule has 0 aromatic rings. The van der Waals surface area contributed by atoms with E-state index in [0.29, 0.717) is 34.0 Å². The molecule has 2 heteroatoms. The number of allylic oxidation sites excluding steroid dienone is 2. The van der Waals surface area contributed by atoms with E-state index in [2.05, 4.69) is 48.5 Å². The largest absolute Gasteiger partial charge is 0.390 e. The van der Waals surface area contributed by atoms with Crippen molar-refractivity contribution >= 4 is 0 Å². The third-order valence-corrected chi connectivity index (χ3v) is 12.8. The average molecular weight is 459 g/mol. The SMILES string of the molecule is C[C@H](CCC(O)C(C)(C)O)[C@H]1CC[C@@]2(C)C3=C(CC[C@]12C)[C@@]1(C)CC[C@H](C)C(C)(C)C1CC3. The second-order valence-corrected chi connectivity index (χ2v) is 14.8. The molecule has 0 spiro atoms. The lowest BCUT2D eigenvalue weighted by molar-refractivity contribution is -0.0584. The molecular formula is C31H54O2. The van der Waals surface area contributed by atoms with Crippen LogP contribution in [0.3, 0.4) is 0 Å². The normalized spacial score (nSPS) is 44.6. The van der Waals surface area contributed by atoms with Crippen LogP contribution >= 0.6 is 0 Å². The Bertz CT molecular complexity index is 787. The summed E-state index contributed by atoms with van der Waals surface area (Å²) in [5.41, 5.74) is 4.34. The van der Waals surface area contributed by atoms with Gasteiger partial charge in [0.25, 0.3) is 0 Å². The molecule has 33 heavy (non-hydrogen) atoms.